The molecule has 0 aromatic heterocycles. The summed E-state index contributed by atoms with van der Waals surface area (Å²) in [6, 6.07) is 5.09. The molecule has 1 unspecified atom stereocenters. The number of hydrogen-bond acceptors (Lipinski definition) is 3. The van der Waals surface area contributed by atoms with Gasteiger partial charge in [-0.15, -0.1) is 12.4 Å². The van der Waals surface area contributed by atoms with E-state index in [0.717, 1.165) is 0 Å². The summed E-state index contributed by atoms with van der Waals surface area (Å²) in [6.45, 7) is 3.95. The molecule has 0 aliphatic rings. The van der Waals surface area contributed by atoms with Crippen LogP contribution < -0.4 is 4.74 Å². The van der Waals surface area contributed by atoms with Crippen LogP contribution >= 0.6 is 35.6 Å². The summed E-state index contributed by atoms with van der Waals surface area (Å²) < 4.78 is 10.5. The Morgan fingerprint density at radius 2 is 1.88 bits per heavy atom. The maximum atomic E-state index is 7.55. The Labute approximate surface area is 117 Å². The molecule has 1 N–H and O–H groups in total. The van der Waals surface area contributed by atoms with Crippen LogP contribution in [0.3, 0.4) is 0 Å². The van der Waals surface area contributed by atoms with Gasteiger partial charge < -0.3 is 9.47 Å². The van der Waals surface area contributed by atoms with Gasteiger partial charge in [-0.05, 0) is 26.0 Å². The standard InChI is InChI=1S/C11H13Cl2NO2.ClH/c1-3-15-11(14)7(2)16-10-8(12)5-4-6-9(10)13;/h4-7,14H,3H2,1-2H3;1H. The van der Waals surface area contributed by atoms with Crippen LogP contribution in [0.4, 0.5) is 0 Å². The van der Waals surface area contributed by atoms with Crippen LogP contribution in [0.1, 0.15) is 13.8 Å². The van der Waals surface area contributed by atoms with Crippen LogP contribution in [0.15, 0.2) is 18.2 Å². The Morgan fingerprint density at radius 1 is 1.35 bits per heavy atom. The first kappa shape index (κ1) is 16.4. The molecule has 6 heteroatoms. The molecule has 0 bridgehead atoms. The van der Waals surface area contributed by atoms with Crippen molar-refractivity contribution >= 4 is 41.5 Å². The lowest BCUT2D eigenvalue weighted by molar-refractivity contribution is 0.220. The van der Waals surface area contributed by atoms with Crippen LogP contribution in [-0.4, -0.2) is 18.6 Å². The summed E-state index contributed by atoms with van der Waals surface area (Å²) in [5.41, 5.74) is 0. The van der Waals surface area contributed by atoms with Gasteiger partial charge in [-0.1, -0.05) is 29.3 Å². The normalized spacial score (nSPS) is 11.3. The summed E-state index contributed by atoms with van der Waals surface area (Å²) in [5, 5.41) is 8.39. The van der Waals surface area contributed by atoms with Gasteiger partial charge in [-0.2, -0.15) is 0 Å². The minimum atomic E-state index is -0.516. The molecule has 0 amide bonds. The summed E-state index contributed by atoms with van der Waals surface area (Å²) in [6.07, 6.45) is -0.516. The zero-order valence-corrected chi connectivity index (χ0v) is 11.8. The van der Waals surface area contributed by atoms with E-state index in [4.69, 9.17) is 38.1 Å². The highest BCUT2D eigenvalue weighted by atomic mass is 35.5. The monoisotopic (exact) mass is 297 g/mol. The molecule has 0 radical (unpaired) electrons. The third kappa shape index (κ3) is 4.62. The summed E-state index contributed by atoms with van der Waals surface area (Å²) >= 11 is 11.9. The Hall–Kier alpha value is -0.640. The third-order valence-electron chi connectivity index (χ3n) is 1.88. The first-order valence-electron chi connectivity index (χ1n) is 4.88. The van der Waals surface area contributed by atoms with Crippen molar-refractivity contribution in [3.05, 3.63) is 28.2 Å². The highest BCUT2D eigenvalue weighted by Crippen LogP contribution is 2.33. The van der Waals surface area contributed by atoms with E-state index in [1.54, 1.807) is 25.1 Å². The van der Waals surface area contributed by atoms with Crippen LogP contribution in [0.2, 0.25) is 10.0 Å². The smallest absolute Gasteiger partial charge is 0.222 e. The van der Waals surface area contributed by atoms with Gasteiger partial charge in [-0.25, -0.2) is 0 Å². The molecule has 0 fully saturated rings. The SMILES string of the molecule is CCOC(=N)C(C)Oc1c(Cl)cccc1Cl.Cl. The minimum absolute atomic E-state index is 0. The van der Waals surface area contributed by atoms with Gasteiger partial charge >= 0.3 is 0 Å². The number of nitrogens with one attached hydrogen (secondary N) is 1. The van der Waals surface area contributed by atoms with E-state index in [1.807, 2.05) is 6.92 Å². The molecule has 0 saturated heterocycles. The quantitative estimate of drug-likeness (QED) is 0.669. The fraction of sp³-hybridized carbons (Fsp3) is 0.364. The van der Waals surface area contributed by atoms with E-state index < -0.39 is 6.10 Å². The molecule has 1 aromatic rings. The first-order chi connectivity index (χ1) is 7.56. The Morgan fingerprint density at radius 3 is 2.35 bits per heavy atom. The second kappa shape index (κ2) is 7.64. The molecule has 96 valence electrons. The molecule has 0 saturated carbocycles. The molecule has 1 rings (SSSR count). The molecule has 0 spiro atoms. The van der Waals surface area contributed by atoms with Crippen LogP contribution in [0.5, 0.6) is 5.75 Å². The second-order valence-electron chi connectivity index (χ2n) is 3.11. The maximum absolute atomic E-state index is 7.55. The van der Waals surface area contributed by atoms with Crippen molar-refractivity contribution in [2.45, 2.75) is 20.0 Å². The predicted molar refractivity (Wildman–Crippen MR) is 73.2 cm³/mol. The largest absolute Gasteiger partial charge is 0.479 e. The van der Waals surface area contributed by atoms with E-state index in [-0.39, 0.29) is 18.3 Å². The lowest BCUT2D eigenvalue weighted by Crippen LogP contribution is -2.25. The van der Waals surface area contributed by atoms with Crippen molar-refractivity contribution in [3.8, 4) is 5.75 Å². The Kier molecular flexibility index (Phi) is 7.35. The van der Waals surface area contributed by atoms with E-state index in [1.165, 1.54) is 0 Å². The highest BCUT2D eigenvalue weighted by Gasteiger charge is 2.15. The van der Waals surface area contributed by atoms with Crippen molar-refractivity contribution in [1.82, 2.24) is 0 Å². The van der Waals surface area contributed by atoms with E-state index in [9.17, 15) is 0 Å². The number of ether oxygens (including phenoxy) is 2. The average Bonchev–Trinajstić information content (AvgIpc) is 2.23. The third-order valence-corrected chi connectivity index (χ3v) is 2.48. The molecular weight excluding hydrogens is 284 g/mol. The van der Waals surface area contributed by atoms with Crippen molar-refractivity contribution in [1.29, 1.82) is 5.41 Å². The van der Waals surface area contributed by atoms with Crippen LogP contribution in [0, 0.1) is 5.41 Å². The van der Waals surface area contributed by atoms with Gasteiger partial charge in [-0.3, -0.25) is 5.41 Å². The van der Waals surface area contributed by atoms with Crippen molar-refractivity contribution in [2.75, 3.05) is 6.61 Å². The lowest BCUT2D eigenvalue weighted by atomic mass is 10.3. The number of rotatable bonds is 4. The molecule has 1 aromatic carbocycles. The minimum Gasteiger partial charge on any atom is -0.479 e. The summed E-state index contributed by atoms with van der Waals surface area (Å²) in [4.78, 5) is 0. The molecule has 3 nitrogen and oxygen atoms in total. The van der Waals surface area contributed by atoms with Crippen molar-refractivity contribution in [2.24, 2.45) is 0 Å². The van der Waals surface area contributed by atoms with E-state index in [2.05, 4.69) is 0 Å². The molecule has 0 heterocycles. The zero-order valence-electron chi connectivity index (χ0n) is 9.50. The fourth-order valence-electron chi connectivity index (χ4n) is 1.10. The van der Waals surface area contributed by atoms with Gasteiger partial charge in [0, 0.05) is 0 Å². The van der Waals surface area contributed by atoms with Crippen LogP contribution in [0.25, 0.3) is 0 Å². The highest BCUT2D eigenvalue weighted by molar-refractivity contribution is 6.37. The molecule has 1 atom stereocenters. The summed E-state index contributed by atoms with van der Waals surface area (Å²) in [5.74, 6) is 0.432. The predicted octanol–water partition coefficient (Wildman–Crippen LogP) is 4.20. The Balaban J connectivity index is 0.00000256. The maximum Gasteiger partial charge on any atom is 0.222 e. The van der Waals surface area contributed by atoms with Crippen molar-refractivity contribution in [3.63, 3.8) is 0 Å². The van der Waals surface area contributed by atoms with Crippen LogP contribution in [-0.2, 0) is 4.74 Å². The number of halogens is 3. The molecule has 0 aliphatic heterocycles. The topological polar surface area (TPSA) is 42.3 Å². The lowest BCUT2D eigenvalue weighted by Gasteiger charge is -2.17. The molecule has 0 aliphatic carbocycles. The number of para-hydroxylation sites is 1. The molecule has 17 heavy (non-hydrogen) atoms. The number of benzene rings is 1. The second-order valence-corrected chi connectivity index (χ2v) is 3.92. The van der Waals surface area contributed by atoms with E-state index in [0.29, 0.717) is 22.4 Å². The van der Waals surface area contributed by atoms with Gasteiger partial charge in [0.1, 0.15) is 0 Å². The van der Waals surface area contributed by atoms with Crippen molar-refractivity contribution < 1.29 is 9.47 Å². The molecular formula is C11H14Cl3NO2. The van der Waals surface area contributed by atoms with E-state index >= 15 is 0 Å². The number of hydrogen-bond donors (Lipinski definition) is 1. The summed E-state index contributed by atoms with van der Waals surface area (Å²) in [7, 11) is 0. The Bertz CT molecular complexity index is 365. The fourth-order valence-corrected chi connectivity index (χ4v) is 1.58. The van der Waals surface area contributed by atoms with Gasteiger partial charge in [0.2, 0.25) is 5.90 Å². The van der Waals surface area contributed by atoms with Gasteiger partial charge in [0.25, 0.3) is 0 Å². The van der Waals surface area contributed by atoms with Gasteiger partial charge in [0.15, 0.2) is 11.9 Å². The zero-order chi connectivity index (χ0) is 12.1. The average molecular weight is 299 g/mol. The van der Waals surface area contributed by atoms with Gasteiger partial charge in [0.05, 0.1) is 16.7 Å². The first-order valence-corrected chi connectivity index (χ1v) is 5.63.